The van der Waals surface area contributed by atoms with E-state index in [1.807, 2.05) is 0 Å². The second kappa shape index (κ2) is 9.87. The largest absolute Gasteiger partial charge is 0.493 e. The van der Waals surface area contributed by atoms with Crippen LogP contribution in [0.4, 0.5) is 0 Å². The van der Waals surface area contributed by atoms with Gasteiger partial charge in [-0.1, -0.05) is 31.5 Å². The number of carbonyl (C=O) groups excluding carboxylic acids is 1. The minimum absolute atomic E-state index is 0.0127. The topological polar surface area (TPSA) is 95.7 Å². The molecule has 0 saturated heterocycles. The first-order valence-corrected chi connectivity index (χ1v) is 10.6. The van der Waals surface area contributed by atoms with E-state index in [4.69, 9.17) is 18.6 Å². The highest BCUT2D eigenvalue weighted by Crippen LogP contribution is 2.41. The number of ether oxygens (including phenoxy) is 3. The molecule has 0 aliphatic heterocycles. The zero-order chi connectivity index (χ0) is 20.8. The monoisotopic (exact) mass is 421 g/mol. The summed E-state index contributed by atoms with van der Waals surface area (Å²) in [6, 6.07) is 3.73. The maximum Gasteiger partial charge on any atom is 0.277 e. The molecule has 1 aliphatic carbocycles. The van der Waals surface area contributed by atoms with E-state index in [1.54, 1.807) is 33.5 Å². The van der Waals surface area contributed by atoms with Crippen LogP contribution in [-0.2, 0) is 4.79 Å². The van der Waals surface area contributed by atoms with Crippen LogP contribution in [0, 0.1) is 5.92 Å². The lowest BCUT2D eigenvalue weighted by atomic mass is 9.86. The Hall–Kier alpha value is -2.42. The summed E-state index contributed by atoms with van der Waals surface area (Å²) in [6.45, 7) is 2.19. The number of rotatable bonds is 8. The van der Waals surface area contributed by atoms with E-state index >= 15 is 0 Å². The molecule has 0 spiro atoms. The molecule has 3 rings (SSSR count). The third-order valence-electron chi connectivity index (χ3n) is 5.10. The van der Waals surface area contributed by atoms with Crippen LogP contribution in [-0.4, -0.2) is 49.2 Å². The molecule has 1 saturated carbocycles. The summed E-state index contributed by atoms with van der Waals surface area (Å²) in [5.41, 5.74) is 0.638. The Morgan fingerprint density at radius 1 is 1.14 bits per heavy atom. The molecule has 1 heterocycles. The molecule has 1 aliphatic rings. The fraction of sp³-hybridized carbons (Fsp3) is 0.550. The van der Waals surface area contributed by atoms with Crippen LogP contribution in [0.2, 0.25) is 0 Å². The predicted molar refractivity (Wildman–Crippen MR) is 110 cm³/mol. The number of nitrogens with one attached hydrogen (secondary N) is 1. The molecular formula is C20H27N3O5S. The van der Waals surface area contributed by atoms with Gasteiger partial charge >= 0.3 is 0 Å². The smallest absolute Gasteiger partial charge is 0.277 e. The molecule has 1 fully saturated rings. The van der Waals surface area contributed by atoms with Crippen molar-refractivity contribution in [1.82, 2.24) is 15.5 Å². The van der Waals surface area contributed by atoms with E-state index in [0.717, 1.165) is 6.42 Å². The van der Waals surface area contributed by atoms with E-state index < -0.39 is 0 Å². The number of nitrogens with zero attached hydrogens (tertiary/aromatic N) is 2. The molecule has 158 valence electrons. The Labute approximate surface area is 174 Å². The van der Waals surface area contributed by atoms with Crippen molar-refractivity contribution >= 4 is 17.7 Å². The van der Waals surface area contributed by atoms with Gasteiger partial charge in [0.15, 0.2) is 11.5 Å². The molecule has 0 unspecified atom stereocenters. The van der Waals surface area contributed by atoms with Crippen LogP contribution in [0.1, 0.15) is 32.6 Å². The Morgan fingerprint density at radius 3 is 2.45 bits per heavy atom. The summed E-state index contributed by atoms with van der Waals surface area (Å²) < 4.78 is 21.7. The molecule has 1 N–H and O–H groups in total. The van der Waals surface area contributed by atoms with Crippen LogP contribution < -0.4 is 19.5 Å². The Kier molecular flexibility index (Phi) is 7.24. The van der Waals surface area contributed by atoms with Gasteiger partial charge in [0, 0.05) is 11.6 Å². The second-order valence-electron chi connectivity index (χ2n) is 7.01. The van der Waals surface area contributed by atoms with Crippen LogP contribution in [0.25, 0.3) is 11.5 Å². The number of methoxy groups -OCH3 is 3. The number of hydrogen-bond donors (Lipinski definition) is 1. The lowest BCUT2D eigenvalue weighted by Crippen LogP contribution is -2.41. The van der Waals surface area contributed by atoms with Gasteiger partial charge in [0.05, 0.1) is 27.1 Å². The number of carbonyl (C=O) groups is 1. The van der Waals surface area contributed by atoms with Crippen molar-refractivity contribution in [3.63, 3.8) is 0 Å². The van der Waals surface area contributed by atoms with E-state index in [0.29, 0.717) is 39.8 Å². The minimum atomic E-state index is -0.0127. The molecule has 8 nitrogen and oxygen atoms in total. The fourth-order valence-electron chi connectivity index (χ4n) is 3.50. The van der Waals surface area contributed by atoms with Crippen LogP contribution in [0.15, 0.2) is 21.8 Å². The first-order chi connectivity index (χ1) is 14.0. The van der Waals surface area contributed by atoms with Crippen LogP contribution in [0.3, 0.4) is 0 Å². The van der Waals surface area contributed by atoms with Gasteiger partial charge in [0.1, 0.15) is 0 Å². The van der Waals surface area contributed by atoms with E-state index in [2.05, 4.69) is 22.4 Å². The van der Waals surface area contributed by atoms with Crippen molar-refractivity contribution < 1.29 is 23.4 Å². The zero-order valence-corrected chi connectivity index (χ0v) is 18.0. The average molecular weight is 422 g/mol. The van der Waals surface area contributed by atoms with Gasteiger partial charge in [0.25, 0.3) is 5.22 Å². The minimum Gasteiger partial charge on any atom is -0.493 e. The van der Waals surface area contributed by atoms with Crippen LogP contribution >= 0.6 is 11.8 Å². The first kappa shape index (κ1) is 21.3. The van der Waals surface area contributed by atoms with Crippen LogP contribution in [0.5, 0.6) is 17.2 Å². The molecule has 0 radical (unpaired) electrons. The summed E-state index contributed by atoms with van der Waals surface area (Å²) in [6.07, 6.45) is 4.63. The quantitative estimate of drug-likeness (QED) is 0.647. The lowest BCUT2D eigenvalue weighted by molar-refractivity contribution is -0.119. The molecule has 2 atom stereocenters. The van der Waals surface area contributed by atoms with E-state index in [-0.39, 0.29) is 17.7 Å². The standard InChI is InChI=1S/C20H27N3O5S/c1-12-7-5-6-8-14(12)21-17(24)11-29-20-23-22-19(28-20)13-9-15(25-2)18(27-4)16(10-13)26-3/h9-10,12,14H,5-8,11H2,1-4H3,(H,21,24)/t12-,14+/m1/s1. The molecule has 2 aromatic rings. The normalized spacial score (nSPS) is 18.9. The van der Waals surface area contributed by atoms with Crippen molar-refractivity contribution in [2.24, 2.45) is 5.92 Å². The van der Waals surface area contributed by atoms with Crippen molar-refractivity contribution in [3.8, 4) is 28.7 Å². The van der Waals surface area contributed by atoms with Gasteiger partial charge in [-0.05, 0) is 30.9 Å². The molecule has 1 aromatic heterocycles. The lowest BCUT2D eigenvalue weighted by Gasteiger charge is -2.29. The summed E-state index contributed by atoms with van der Waals surface area (Å²) in [7, 11) is 4.63. The van der Waals surface area contributed by atoms with Gasteiger partial charge in [0.2, 0.25) is 17.5 Å². The highest BCUT2D eigenvalue weighted by atomic mass is 32.2. The summed E-state index contributed by atoms with van der Waals surface area (Å²) in [5.74, 6) is 2.54. The average Bonchev–Trinajstić information content (AvgIpc) is 3.22. The highest BCUT2D eigenvalue weighted by Gasteiger charge is 2.23. The highest BCUT2D eigenvalue weighted by molar-refractivity contribution is 7.99. The Morgan fingerprint density at radius 2 is 1.83 bits per heavy atom. The third-order valence-corrected chi connectivity index (χ3v) is 5.92. The number of benzene rings is 1. The van der Waals surface area contributed by atoms with E-state index in [9.17, 15) is 4.79 Å². The molecular weight excluding hydrogens is 394 g/mol. The second-order valence-corrected chi connectivity index (χ2v) is 7.94. The van der Waals surface area contributed by atoms with Crippen molar-refractivity contribution in [2.75, 3.05) is 27.1 Å². The Balaban J connectivity index is 1.64. The molecule has 1 aromatic carbocycles. The molecule has 1 amide bonds. The fourth-order valence-corrected chi connectivity index (χ4v) is 4.07. The summed E-state index contributed by atoms with van der Waals surface area (Å²) in [5, 5.41) is 11.6. The van der Waals surface area contributed by atoms with Gasteiger partial charge in [-0.2, -0.15) is 0 Å². The maximum atomic E-state index is 12.3. The first-order valence-electron chi connectivity index (χ1n) is 9.61. The SMILES string of the molecule is COc1cc(-c2nnc(SCC(=O)N[C@H]3CCCC[C@H]3C)o2)cc(OC)c1OC. The van der Waals surface area contributed by atoms with Gasteiger partial charge in [-0.15, -0.1) is 10.2 Å². The Bertz CT molecular complexity index is 816. The number of thioether (sulfide) groups is 1. The van der Waals surface area contributed by atoms with Crippen molar-refractivity contribution in [2.45, 2.75) is 43.9 Å². The zero-order valence-electron chi connectivity index (χ0n) is 17.2. The molecule has 0 bridgehead atoms. The number of hydrogen-bond acceptors (Lipinski definition) is 8. The summed E-state index contributed by atoms with van der Waals surface area (Å²) >= 11 is 1.22. The molecule has 29 heavy (non-hydrogen) atoms. The van der Waals surface area contributed by atoms with Gasteiger partial charge < -0.3 is 23.9 Å². The predicted octanol–water partition coefficient (Wildman–Crippen LogP) is 3.55. The summed E-state index contributed by atoms with van der Waals surface area (Å²) in [4.78, 5) is 12.3. The van der Waals surface area contributed by atoms with Gasteiger partial charge in [-0.25, -0.2) is 0 Å². The third kappa shape index (κ3) is 5.14. The van der Waals surface area contributed by atoms with E-state index in [1.165, 1.54) is 31.0 Å². The van der Waals surface area contributed by atoms with Gasteiger partial charge in [-0.3, -0.25) is 4.79 Å². The van der Waals surface area contributed by atoms with Crippen molar-refractivity contribution in [3.05, 3.63) is 12.1 Å². The number of aromatic nitrogens is 2. The maximum absolute atomic E-state index is 12.3. The molecule has 9 heteroatoms. The van der Waals surface area contributed by atoms with Crippen molar-refractivity contribution in [1.29, 1.82) is 0 Å². The number of amides is 1.